The minimum Gasteiger partial charge on any atom is -0.396 e. The van der Waals surface area contributed by atoms with E-state index < -0.39 is 4.92 Å². The van der Waals surface area contributed by atoms with Crippen LogP contribution in [0.2, 0.25) is 0 Å². The van der Waals surface area contributed by atoms with Crippen molar-refractivity contribution < 1.29 is 10.0 Å². The van der Waals surface area contributed by atoms with E-state index in [1.165, 1.54) is 0 Å². The van der Waals surface area contributed by atoms with Gasteiger partial charge in [-0.05, 0) is 25.8 Å². The highest BCUT2D eigenvalue weighted by molar-refractivity contribution is 5.59. The van der Waals surface area contributed by atoms with Crippen molar-refractivity contribution in [2.45, 2.75) is 32.6 Å². The van der Waals surface area contributed by atoms with Gasteiger partial charge in [-0.3, -0.25) is 10.1 Å². The van der Waals surface area contributed by atoms with Crippen LogP contribution >= 0.6 is 0 Å². The number of aliphatic hydroxyl groups is 1. The molecule has 1 aromatic rings. The van der Waals surface area contributed by atoms with Crippen LogP contribution in [-0.4, -0.2) is 28.2 Å². The van der Waals surface area contributed by atoms with Gasteiger partial charge in [0.15, 0.2) is 0 Å². The summed E-state index contributed by atoms with van der Waals surface area (Å²) in [5.41, 5.74) is 0.458. The van der Waals surface area contributed by atoms with Crippen LogP contribution in [0.3, 0.4) is 0 Å². The van der Waals surface area contributed by atoms with Gasteiger partial charge >= 0.3 is 5.69 Å². The van der Waals surface area contributed by atoms with Crippen LogP contribution in [0.4, 0.5) is 11.5 Å². The molecule has 0 saturated heterocycles. The van der Waals surface area contributed by atoms with Crippen LogP contribution in [0.1, 0.15) is 31.2 Å². The Bertz CT molecular complexity index is 470. The van der Waals surface area contributed by atoms with Gasteiger partial charge in [0.2, 0.25) is 5.82 Å². The number of rotatable bonds is 5. The van der Waals surface area contributed by atoms with Crippen LogP contribution in [0, 0.1) is 22.5 Å². The summed E-state index contributed by atoms with van der Waals surface area (Å²) in [5.74, 6) is 0.296. The Morgan fingerprint density at radius 1 is 1.53 bits per heavy atom. The Labute approximate surface area is 112 Å². The van der Waals surface area contributed by atoms with Gasteiger partial charge in [0.25, 0.3) is 0 Å². The Hall–Kier alpha value is -1.69. The van der Waals surface area contributed by atoms with Gasteiger partial charge in [-0.1, -0.05) is 12.8 Å². The molecular formula is C13H19N3O3. The molecule has 1 aliphatic carbocycles. The first-order chi connectivity index (χ1) is 9.08. The van der Waals surface area contributed by atoms with Crippen molar-refractivity contribution in [1.82, 2.24) is 4.98 Å². The monoisotopic (exact) mass is 265 g/mol. The fraction of sp³-hybridized carbons (Fsp3) is 0.615. The lowest BCUT2D eigenvalue weighted by molar-refractivity contribution is -0.384. The predicted octanol–water partition coefficient (Wildman–Crippen LogP) is 2.26. The average Bonchev–Trinajstić information content (AvgIpc) is 2.85. The molecule has 0 aliphatic heterocycles. The number of nitrogens with one attached hydrogen (secondary N) is 1. The molecule has 0 aromatic carbocycles. The number of aromatic nitrogens is 1. The van der Waals surface area contributed by atoms with Gasteiger partial charge < -0.3 is 10.4 Å². The van der Waals surface area contributed by atoms with Crippen molar-refractivity contribution in [3.63, 3.8) is 0 Å². The van der Waals surface area contributed by atoms with Crippen molar-refractivity contribution in [1.29, 1.82) is 0 Å². The summed E-state index contributed by atoms with van der Waals surface area (Å²) >= 11 is 0. The van der Waals surface area contributed by atoms with Crippen molar-refractivity contribution in [2.75, 3.05) is 18.5 Å². The molecule has 2 N–H and O–H groups in total. The molecule has 6 heteroatoms. The molecule has 1 heterocycles. The maximum absolute atomic E-state index is 11.1. The van der Waals surface area contributed by atoms with Crippen LogP contribution < -0.4 is 5.32 Å². The zero-order valence-corrected chi connectivity index (χ0v) is 11.1. The number of hydrogen-bond donors (Lipinski definition) is 2. The lowest BCUT2D eigenvalue weighted by atomic mass is 9.87. The summed E-state index contributed by atoms with van der Waals surface area (Å²) in [6.07, 6.45) is 5.67. The molecule has 0 atom stereocenters. The van der Waals surface area contributed by atoms with Crippen molar-refractivity contribution >= 4 is 11.5 Å². The van der Waals surface area contributed by atoms with E-state index in [1.54, 1.807) is 19.2 Å². The number of hydrogen-bond acceptors (Lipinski definition) is 5. The normalized spacial score (nSPS) is 17.4. The molecule has 0 bridgehead atoms. The number of pyridine rings is 1. The number of nitro groups is 1. The molecule has 0 amide bonds. The molecule has 6 nitrogen and oxygen atoms in total. The van der Waals surface area contributed by atoms with Crippen molar-refractivity contribution in [3.8, 4) is 0 Å². The van der Waals surface area contributed by atoms with Gasteiger partial charge in [-0.2, -0.15) is 0 Å². The zero-order valence-electron chi connectivity index (χ0n) is 11.1. The molecule has 0 unspecified atom stereocenters. The first-order valence-electron chi connectivity index (χ1n) is 6.53. The average molecular weight is 265 g/mol. The van der Waals surface area contributed by atoms with E-state index in [-0.39, 0.29) is 17.7 Å². The third-order valence-electron chi connectivity index (χ3n) is 3.94. The largest absolute Gasteiger partial charge is 0.396 e. The highest BCUT2D eigenvalue weighted by Crippen LogP contribution is 2.38. The SMILES string of the molecule is Cc1ccnc(NCC2(CO)CCCC2)c1[N+](=O)[O-]. The molecule has 2 rings (SSSR count). The first-order valence-corrected chi connectivity index (χ1v) is 6.53. The topological polar surface area (TPSA) is 88.3 Å². The van der Waals surface area contributed by atoms with Crippen LogP contribution in [-0.2, 0) is 0 Å². The molecule has 1 fully saturated rings. The third kappa shape index (κ3) is 2.84. The van der Waals surface area contributed by atoms with E-state index in [9.17, 15) is 15.2 Å². The maximum atomic E-state index is 11.1. The molecule has 0 spiro atoms. The Kier molecular flexibility index (Phi) is 3.99. The number of nitrogens with zero attached hydrogens (tertiary/aromatic N) is 2. The van der Waals surface area contributed by atoms with E-state index in [4.69, 9.17) is 0 Å². The summed E-state index contributed by atoms with van der Waals surface area (Å²) in [7, 11) is 0. The lowest BCUT2D eigenvalue weighted by Gasteiger charge is -2.26. The van der Waals surface area contributed by atoms with Crippen molar-refractivity contribution in [2.24, 2.45) is 5.41 Å². The second kappa shape index (κ2) is 5.52. The van der Waals surface area contributed by atoms with Crippen LogP contribution in [0.15, 0.2) is 12.3 Å². The smallest absolute Gasteiger partial charge is 0.314 e. The predicted molar refractivity (Wildman–Crippen MR) is 72.1 cm³/mol. The lowest BCUT2D eigenvalue weighted by Crippen LogP contribution is -2.31. The third-order valence-corrected chi connectivity index (χ3v) is 3.94. The zero-order chi connectivity index (χ0) is 13.9. The Morgan fingerprint density at radius 3 is 2.79 bits per heavy atom. The summed E-state index contributed by atoms with van der Waals surface area (Å²) < 4.78 is 0. The van der Waals surface area contributed by atoms with Crippen molar-refractivity contribution in [3.05, 3.63) is 27.9 Å². The van der Waals surface area contributed by atoms with Gasteiger partial charge in [0, 0.05) is 23.7 Å². The van der Waals surface area contributed by atoms with E-state index in [0.29, 0.717) is 17.9 Å². The fourth-order valence-electron chi connectivity index (χ4n) is 2.70. The highest BCUT2D eigenvalue weighted by atomic mass is 16.6. The minimum absolute atomic E-state index is 0.0218. The van der Waals surface area contributed by atoms with Gasteiger partial charge in [-0.25, -0.2) is 4.98 Å². The van der Waals surface area contributed by atoms with Gasteiger partial charge in [0.1, 0.15) is 0 Å². The van der Waals surface area contributed by atoms with E-state index in [2.05, 4.69) is 10.3 Å². The fourth-order valence-corrected chi connectivity index (χ4v) is 2.70. The summed E-state index contributed by atoms with van der Waals surface area (Å²) in [6.45, 7) is 2.34. The molecular weight excluding hydrogens is 246 g/mol. The van der Waals surface area contributed by atoms with Crippen LogP contribution in [0.5, 0.6) is 0 Å². The number of aliphatic hydroxyl groups excluding tert-OH is 1. The van der Waals surface area contributed by atoms with E-state index in [0.717, 1.165) is 25.7 Å². The highest BCUT2D eigenvalue weighted by Gasteiger charge is 2.33. The molecule has 0 radical (unpaired) electrons. The molecule has 104 valence electrons. The standard InChI is InChI=1S/C13H19N3O3/c1-10-4-7-14-12(11(10)16(18)19)15-8-13(9-17)5-2-3-6-13/h4,7,17H,2-3,5-6,8-9H2,1H3,(H,14,15). The second-order valence-electron chi connectivity index (χ2n) is 5.30. The summed E-state index contributed by atoms with van der Waals surface area (Å²) in [4.78, 5) is 14.7. The van der Waals surface area contributed by atoms with Gasteiger partial charge in [-0.15, -0.1) is 0 Å². The number of aryl methyl sites for hydroxylation is 1. The summed E-state index contributed by atoms with van der Waals surface area (Å²) in [5, 5.41) is 23.7. The maximum Gasteiger partial charge on any atom is 0.314 e. The Balaban J connectivity index is 2.15. The first kappa shape index (κ1) is 13.7. The quantitative estimate of drug-likeness (QED) is 0.629. The minimum atomic E-state index is -0.412. The Morgan fingerprint density at radius 2 is 2.21 bits per heavy atom. The van der Waals surface area contributed by atoms with Gasteiger partial charge in [0.05, 0.1) is 11.5 Å². The molecule has 1 aromatic heterocycles. The molecule has 1 saturated carbocycles. The van der Waals surface area contributed by atoms with E-state index >= 15 is 0 Å². The summed E-state index contributed by atoms with van der Waals surface area (Å²) in [6, 6.07) is 1.63. The van der Waals surface area contributed by atoms with Crippen LogP contribution in [0.25, 0.3) is 0 Å². The number of anilines is 1. The molecule has 1 aliphatic rings. The second-order valence-corrected chi connectivity index (χ2v) is 5.30. The molecule has 19 heavy (non-hydrogen) atoms. The van der Waals surface area contributed by atoms with E-state index in [1.807, 2.05) is 0 Å².